The Kier molecular flexibility index (Phi) is 9.98. The topological polar surface area (TPSA) is 96.7 Å². The van der Waals surface area contributed by atoms with Crippen molar-refractivity contribution in [3.05, 3.63) is 45.9 Å². The molecule has 8 nitrogen and oxygen atoms in total. The third-order valence-electron chi connectivity index (χ3n) is 8.14. The van der Waals surface area contributed by atoms with Gasteiger partial charge in [-0.1, -0.05) is 43.5 Å². The number of carbonyl (C=O) groups is 1. The Morgan fingerprint density at radius 1 is 1.10 bits per heavy atom. The summed E-state index contributed by atoms with van der Waals surface area (Å²) in [5, 5.41) is 14.5. The van der Waals surface area contributed by atoms with E-state index in [2.05, 4.69) is 5.32 Å². The average molecular weight is 555 g/mol. The lowest BCUT2D eigenvalue weighted by Crippen LogP contribution is -2.44. The van der Waals surface area contributed by atoms with Crippen LogP contribution in [0.3, 0.4) is 0 Å². The lowest BCUT2D eigenvalue weighted by Gasteiger charge is -2.30. The van der Waals surface area contributed by atoms with Crippen LogP contribution in [0.5, 0.6) is 5.75 Å². The summed E-state index contributed by atoms with van der Waals surface area (Å²) in [5.74, 6) is 0.119. The number of benzene rings is 1. The minimum atomic E-state index is -0.145. The highest BCUT2D eigenvalue weighted by Gasteiger charge is 2.29. The van der Waals surface area contributed by atoms with Crippen molar-refractivity contribution >= 4 is 17.7 Å². The van der Waals surface area contributed by atoms with Gasteiger partial charge in [-0.25, -0.2) is 4.98 Å². The number of hydrogen-bond acceptors (Lipinski definition) is 7. The highest BCUT2D eigenvalue weighted by molar-refractivity contribution is 7.99. The fraction of sp³-hybridized carbons (Fsp3) is 0.633. The third-order valence-corrected chi connectivity index (χ3v) is 9.43. The van der Waals surface area contributed by atoms with Crippen LogP contribution < -0.4 is 10.9 Å². The second-order valence-electron chi connectivity index (χ2n) is 11.1. The maximum atomic E-state index is 13.8. The SMILES string of the molecule is O=C(CNCCCCCOC1CCCCC1)N1CCc2nc(SC3CCC3)n(-c3cccc(O)c3)c(=O)c2C1. The molecule has 0 atom stereocenters. The molecule has 0 unspecified atom stereocenters. The molecule has 212 valence electrons. The monoisotopic (exact) mass is 554 g/mol. The molecule has 5 rings (SSSR count). The summed E-state index contributed by atoms with van der Waals surface area (Å²) < 4.78 is 7.61. The Hall–Kier alpha value is -2.36. The molecule has 1 aromatic carbocycles. The van der Waals surface area contributed by atoms with Gasteiger partial charge in [-0.3, -0.25) is 14.2 Å². The van der Waals surface area contributed by atoms with Crippen LogP contribution in [0.4, 0.5) is 0 Å². The highest BCUT2D eigenvalue weighted by atomic mass is 32.2. The number of phenolic OH excluding ortho intramolecular Hbond substituents is 1. The number of ether oxygens (including phenoxy) is 1. The Balaban J connectivity index is 1.13. The number of nitrogens with one attached hydrogen (secondary N) is 1. The van der Waals surface area contributed by atoms with Crippen LogP contribution in [0.25, 0.3) is 5.69 Å². The quantitative estimate of drug-likeness (QED) is 0.293. The van der Waals surface area contributed by atoms with Crippen LogP contribution in [-0.2, 0) is 22.5 Å². The maximum Gasteiger partial charge on any atom is 0.264 e. The van der Waals surface area contributed by atoms with Crippen molar-refractivity contribution in [3.63, 3.8) is 0 Å². The summed E-state index contributed by atoms with van der Waals surface area (Å²) >= 11 is 1.65. The van der Waals surface area contributed by atoms with Crippen LogP contribution in [0.2, 0.25) is 0 Å². The first-order valence-electron chi connectivity index (χ1n) is 14.8. The van der Waals surface area contributed by atoms with Gasteiger partial charge in [0.15, 0.2) is 5.16 Å². The van der Waals surface area contributed by atoms with Gasteiger partial charge in [0.2, 0.25) is 5.91 Å². The zero-order chi connectivity index (χ0) is 27.0. The molecular formula is C30H42N4O4S. The van der Waals surface area contributed by atoms with Crippen molar-refractivity contribution < 1.29 is 14.6 Å². The normalized spacial score (nSPS) is 18.1. The molecule has 2 heterocycles. The van der Waals surface area contributed by atoms with Crippen LogP contribution in [0, 0.1) is 0 Å². The van der Waals surface area contributed by atoms with Crippen molar-refractivity contribution in [1.82, 2.24) is 19.8 Å². The first-order chi connectivity index (χ1) is 19.1. The van der Waals surface area contributed by atoms with Gasteiger partial charge in [-0.2, -0.15) is 0 Å². The molecule has 1 aromatic heterocycles. The molecule has 2 fully saturated rings. The van der Waals surface area contributed by atoms with Crippen molar-refractivity contribution in [3.8, 4) is 11.4 Å². The van der Waals surface area contributed by atoms with Crippen molar-refractivity contribution in [2.75, 3.05) is 26.2 Å². The van der Waals surface area contributed by atoms with Crippen molar-refractivity contribution in [1.29, 1.82) is 0 Å². The molecule has 2 aromatic rings. The number of carbonyl (C=O) groups excluding carboxylic acids is 1. The van der Waals surface area contributed by atoms with E-state index in [1.165, 1.54) is 38.5 Å². The summed E-state index contributed by atoms with van der Waals surface area (Å²) in [5.41, 5.74) is 1.83. The minimum Gasteiger partial charge on any atom is -0.508 e. The van der Waals surface area contributed by atoms with Crippen molar-refractivity contribution in [2.24, 2.45) is 0 Å². The molecule has 9 heteroatoms. The van der Waals surface area contributed by atoms with Gasteiger partial charge in [0, 0.05) is 30.9 Å². The zero-order valence-corrected chi connectivity index (χ0v) is 23.7. The first kappa shape index (κ1) is 28.2. The lowest BCUT2D eigenvalue weighted by atomic mass is 9.98. The lowest BCUT2D eigenvalue weighted by molar-refractivity contribution is -0.131. The predicted octanol–water partition coefficient (Wildman–Crippen LogP) is 4.58. The number of thioether (sulfide) groups is 1. The van der Waals surface area contributed by atoms with Crippen LogP contribution in [0.1, 0.15) is 81.9 Å². The molecule has 39 heavy (non-hydrogen) atoms. The van der Waals surface area contributed by atoms with E-state index < -0.39 is 0 Å². The average Bonchev–Trinajstić information content (AvgIpc) is 2.92. The number of phenols is 1. The highest BCUT2D eigenvalue weighted by Crippen LogP contribution is 2.36. The molecule has 0 bridgehead atoms. The van der Waals surface area contributed by atoms with E-state index >= 15 is 0 Å². The van der Waals surface area contributed by atoms with E-state index in [4.69, 9.17) is 9.72 Å². The van der Waals surface area contributed by atoms with E-state index in [9.17, 15) is 14.7 Å². The summed E-state index contributed by atoms with van der Waals surface area (Å²) in [4.78, 5) is 33.4. The Morgan fingerprint density at radius 2 is 1.95 bits per heavy atom. The molecule has 2 aliphatic carbocycles. The van der Waals surface area contributed by atoms with Crippen LogP contribution >= 0.6 is 11.8 Å². The second kappa shape index (κ2) is 13.8. The minimum absolute atomic E-state index is 0.0116. The van der Waals surface area contributed by atoms with Gasteiger partial charge in [0.1, 0.15) is 5.75 Å². The van der Waals surface area contributed by atoms with Gasteiger partial charge in [0.05, 0.1) is 36.1 Å². The Morgan fingerprint density at radius 3 is 2.72 bits per heavy atom. The summed E-state index contributed by atoms with van der Waals surface area (Å²) in [6.07, 6.45) is 14.1. The Bertz CT molecular complexity index is 1180. The van der Waals surface area contributed by atoms with Crippen LogP contribution in [-0.4, -0.2) is 63.1 Å². The third kappa shape index (κ3) is 7.44. The molecule has 1 aliphatic heterocycles. The summed E-state index contributed by atoms with van der Waals surface area (Å²) in [6, 6.07) is 6.74. The van der Waals surface area contributed by atoms with Gasteiger partial charge in [0.25, 0.3) is 5.56 Å². The molecule has 1 amide bonds. The zero-order valence-electron chi connectivity index (χ0n) is 22.9. The maximum absolute atomic E-state index is 13.8. The number of aromatic nitrogens is 2. The van der Waals surface area contributed by atoms with E-state index in [0.717, 1.165) is 50.9 Å². The molecule has 2 saturated carbocycles. The molecule has 0 saturated heterocycles. The number of fused-ring (bicyclic) bond motifs is 1. The van der Waals surface area contributed by atoms with E-state index in [0.29, 0.717) is 40.7 Å². The molecule has 0 spiro atoms. The fourth-order valence-corrected chi connectivity index (χ4v) is 6.89. The van der Waals surface area contributed by atoms with Crippen molar-refractivity contribution in [2.45, 2.75) is 100 Å². The number of amides is 1. The largest absolute Gasteiger partial charge is 0.508 e. The number of unbranched alkanes of at least 4 members (excludes halogenated alkanes) is 2. The van der Waals surface area contributed by atoms with Crippen LogP contribution in [0.15, 0.2) is 34.2 Å². The number of aromatic hydroxyl groups is 1. The van der Waals surface area contributed by atoms with E-state index in [1.807, 2.05) is 6.07 Å². The molecular weight excluding hydrogens is 512 g/mol. The van der Waals surface area contributed by atoms with Gasteiger partial charge < -0.3 is 20.1 Å². The van der Waals surface area contributed by atoms with Gasteiger partial charge in [-0.15, -0.1) is 0 Å². The number of hydrogen-bond donors (Lipinski definition) is 2. The molecule has 3 aliphatic rings. The predicted molar refractivity (Wildman–Crippen MR) is 154 cm³/mol. The standard InChI is InChI=1S/C30H42N4O4S/c35-23-10-7-9-22(19-23)34-29(37)26-21-33(17-15-27(26)32-30(34)39-25-13-8-14-25)28(36)20-31-16-5-2-6-18-38-24-11-3-1-4-12-24/h7,9-10,19,24-25,31,35H,1-6,8,11-18,20-21H2. The fourth-order valence-electron chi connectivity index (χ4n) is 5.56. The van der Waals surface area contributed by atoms with Gasteiger partial charge >= 0.3 is 0 Å². The second-order valence-corrected chi connectivity index (χ2v) is 12.4. The van der Waals surface area contributed by atoms with Gasteiger partial charge in [-0.05, 0) is 63.6 Å². The van der Waals surface area contributed by atoms with E-state index in [-0.39, 0.29) is 30.3 Å². The first-order valence-corrected chi connectivity index (χ1v) is 15.7. The molecule has 2 N–H and O–H groups in total. The molecule has 0 radical (unpaired) electrons. The Labute approximate surface area is 235 Å². The van der Waals surface area contributed by atoms with E-state index in [1.54, 1.807) is 39.4 Å². The summed E-state index contributed by atoms with van der Waals surface area (Å²) in [6.45, 7) is 2.76. The number of rotatable bonds is 12. The summed E-state index contributed by atoms with van der Waals surface area (Å²) in [7, 11) is 0. The number of nitrogens with zero attached hydrogens (tertiary/aromatic N) is 3. The smallest absolute Gasteiger partial charge is 0.264 e.